The highest BCUT2D eigenvalue weighted by atomic mass is 19.1. The Morgan fingerprint density at radius 2 is 2.41 bits per heavy atom. The summed E-state index contributed by atoms with van der Waals surface area (Å²) in [4.78, 5) is 11.7. The van der Waals surface area contributed by atoms with E-state index in [0.29, 0.717) is 24.5 Å². The summed E-state index contributed by atoms with van der Waals surface area (Å²) in [6.07, 6.45) is 0.768. The summed E-state index contributed by atoms with van der Waals surface area (Å²) in [5.74, 6) is 0.255. The molecule has 1 aromatic rings. The van der Waals surface area contributed by atoms with Crippen LogP contribution < -0.4 is 4.74 Å². The molecule has 0 radical (unpaired) electrons. The fourth-order valence-corrected chi connectivity index (χ4v) is 1.77. The largest absolute Gasteiger partial charge is 0.486 e. The molecule has 0 amide bonds. The Bertz CT molecular complexity index is 411. The normalized spacial score (nSPS) is 19.3. The number of carbonyl (C=O) groups excluding carboxylic acids is 1. The lowest BCUT2D eigenvalue weighted by atomic mass is 10.0. The molecule has 0 spiro atoms. The van der Waals surface area contributed by atoms with Crippen LogP contribution in [-0.4, -0.2) is 25.6 Å². The van der Waals surface area contributed by atoms with Gasteiger partial charge in [0.2, 0.25) is 0 Å². The molecule has 1 heterocycles. The summed E-state index contributed by atoms with van der Waals surface area (Å²) in [5, 5.41) is 0. The van der Waals surface area contributed by atoms with Gasteiger partial charge in [-0.2, -0.15) is 0 Å². The molecule has 0 N–H and O–H groups in total. The van der Waals surface area contributed by atoms with E-state index in [1.54, 1.807) is 13.0 Å². The van der Waals surface area contributed by atoms with Crippen LogP contribution in [0.5, 0.6) is 5.75 Å². The SMILES string of the molecule is Cc1cc(OCC(=O)C2CCOC2)ccc1F. The van der Waals surface area contributed by atoms with Gasteiger partial charge in [-0.25, -0.2) is 4.39 Å². The van der Waals surface area contributed by atoms with E-state index in [-0.39, 0.29) is 24.1 Å². The Balaban J connectivity index is 1.88. The number of aryl methyl sites for hydroxylation is 1. The van der Waals surface area contributed by atoms with Crippen molar-refractivity contribution in [3.05, 3.63) is 29.6 Å². The molecule has 17 heavy (non-hydrogen) atoms. The number of rotatable bonds is 4. The van der Waals surface area contributed by atoms with Gasteiger partial charge >= 0.3 is 0 Å². The van der Waals surface area contributed by atoms with Crippen LogP contribution >= 0.6 is 0 Å². The second kappa shape index (κ2) is 5.27. The first-order chi connectivity index (χ1) is 8.16. The third kappa shape index (κ3) is 3.03. The highest BCUT2D eigenvalue weighted by molar-refractivity contribution is 5.82. The quantitative estimate of drug-likeness (QED) is 0.806. The minimum atomic E-state index is -0.270. The van der Waals surface area contributed by atoms with Crippen LogP contribution in [0.4, 0.5) is 4.39 Å². The van der Waals surface area contributed by atoms with E-state index in [1.807, 2.05) is 0 Å². The highest BCUT2D eigenvalue weighted by Gasteiger charge is 2.23. The minimum Gasteiger partial charge on any atom is -0.486 e. The number of ether oxygens (including phenoxy) is 2. The molecular weight excluding hydrogens is 223 g/mol. The molecule has 1 aliphatic heterocycles. The summed E-state index contributed by atoms with van der Waals surface area (Å²) in [6.45, 7) is 2.82. The van der Waals surface area contributed by atoms with E-state index in [0.717, 1.165) is 6.42 Å². The predicted octanol–water partition coefficient (Wildman–Crippen LogP) is 2.12. The zero-order valence-corrected chi connectivity index (χ0v) is 9.74. The Morgan fingerprint density at radius 1 is 1.59 bits per heavy atom. The molecule has 92 valence electrons. The summed E-state index contributed by atoms with van der Waals surface area (Å²) in [6, 6.07) is 4.46. The lowest BCUT2D eigenvalue weighted by Gasteiger charge is -2.09. The van der Waals surface area contributed by atoms with Crippen molar-refractivity contribution in [2.75, 3.05) is 19.8 Å². The zero-order chi connectivity index (χ0) is 12.3. The Morgan fingerprint density at radius 3 is 3.06 bits per heavy atom. The van der Waals surface area contributed by atoms with Crippen molar-refractivity contribution in [1.29, 1.82) is 0 Å². The van der Waals surface area contributed by atoms with E-state index in [9.17, 15) is 9.18 Å². The average Bonchev–Trinajstić information content (AvgIpc) is 2.84. The second-order valence-corrected chi connectivity index (χ2v) is 4.23. The van der Waals surface area contributed by atoms with Gasteiger partial charge in [0.05, 0.1) is 6.61 Å². The van der Waals surface area contributed by atoms with Crippen LogP contribution in [0.2, 0.25) is 0 Å². The second-order valence-electron chi connectivity index (χ2n) is 4.23. The number of halogens is 1. The maximum atomic E-state index is 13.0. The first kappa shape index (κ1) is 12.0. The number of hydrogen-bond acceptors (Lipinski definition) is 3. The van der Waals surface area contributed by atoms with Crippen LogP contribution in [0.1, 0.15) is 12.0 Å². The van der Waals surface area contributed by atoms with E-state index >= 15 is 0 Å². The van der Waals surface area contributed by atoms with Crippen molar-refractivity contribution in [3.8, 4) is 5.75 Å². The van der Waals surface area contributed by atoms with Gasteiger partial charge in [-0.15, -0.1) is 0 Å². The molecule has 0 aliphatic carbocycles. The Kier molecular flexibility index (Phi) is 3.74. The average molecular weight is 238 g/mol. The van der Waals surface area contributed by atoms with Crippen molar-refractivity contribution in [2.24, 2.45) is 5.92 Å². The van der Waals surface area contributed by atoms with E-state index < -0.39 is 0 Å². The molecule has 0 aromatic heterocycles. The molecule has 3 nitrogen and oxygen atoms in total. The van der Waals surface area contributed by atoms with Gasteiger partial charge in [0.25, 0.3) is 0 Å². The molecule has 1 atom stereocenters. The lowest BCUT2D eigenvalue weighted by Crippen LogP contribution is -2.21. The topological polar surface area (TPSA) is 35.5 Å². The van der Waals surface area contributed by atoms with Crippen LogP contribution in [0.3, 0.4) is 0 Å². The minimum absolute atomic E-state index is 0.0269. The number of Topliss-reactive ketones (excluding diaryl/α,β-unsaturated/α-hetero) is 1. The first-order valence-electron chi connectivity index (χ1n) is 5.66. The standard InChI is InChI=1S/C13H15FO3/c1-9-6-11(2-3-12(9)14)17-8-13(15)10-4-5-16-7-10/h2-3,6,10H,4-5,7-8H2,1H3. The van der Waals surface area contributed by atoms with Gasteiger partial charge < -0.3 is 9.47 Å². The van der Waals surface area contributed by atoms with Crippen molar-refractivity contribution >= 4 is 5.78 Å². The maximum Gasteiger partial charge on any atom is 0.175 e. The molecule has 4 heteroatoms. The molecule has 1 aromatic carbocycles. The summed E-state index contributed by atoms with van der Waals surface area (Å²) in [5.41, 5.74) is 0.513. The summed E-state index contributed by atoms with van der Waals surface area (Å²) in [7, 11) is 0. The molecule has 1 saturated heterocycles. The molecule has 2 rings (SSSR count). The first-order valence-corrected chi connectivity index (χ1v) is 5.66. The number of benzene rings is 1. The van der Waals surface area contributed by atoms with Crippen LogP contribution in [0.25, 0.3) is 0 Å². The van der Waals surface area contributed by atoms with E-state index in [1.165, 1.54) is 12.1 Å². The van der Waals surface area contributed by atoms with E-state index in [4.69, 9.17) is 9.47 Å². The molecule has 1 aliphatic rings. The van der Waals surface area contributed by atoms with Crippen molar-refractivity contribution in [3.63, 3.8) is 0 Å². The fourth-order valence-electron chi connectivity index (χ4n) is 1.77. The highest BCUT2D eigenvalue weighted by Crippen LogP contribution is 2.18. The molecule has 0 saturated carbocycles. The van der Waals surface area contributed by atoms with Gasteiger partial charge in [0, 0.05) is 12.5 Å². The lowest BCUT2D eigenvalue weighted by molar-refractivity contribution is -0.124. The number of carbonyl (C=O) groups is 1. The van der Waals surface area contributed by atoms with Crippen molar-refractivity contribution in [2.45, 2.75) is 13.3 Å². The third-order valence-corrected chi connectivity index (χ3v) is 2.90. The van der Waals surface area contributed by atoms with Gasteiger partial charge in [-0.3, -0.25) is 4.79 Å². The molecule has 1 fully saturated rings. The number of ketones is 1. The van der Waals surface area contributed by atoms with E-state index in [2.05, 4.69) is 0 Å². The van der Waals surface area contributed by atoms with Crippen LogP contribution in [0.15, 0.2) is 18.2 Å². The fraction of sp³-hybridized carbons (Fsp3) is 0.462. The molecule has 1 unspecified atom stereocenters. The summed E-state index contributed by atoms with van der Waals surface area (Å²) >= 11 is 0. The van der Waals surface area contributed by atoms with Gasteiger partial charge in [0.1, 0.15) is 18.2 Å². The molecular formula is C13H15FO3. The Hall–Kier alpha value is -1.42. The van der Waals surface area contributed by atoms with Gasteiger partial charge in [-0.05, 0) is 37.1 Å². The zero-order valence-electron chi connectivity index (χ0n) is 9.74. The Labute approximate surface area is 99.5 Å². The smallest absolute Gasteiger partial charge is 0.175 e. The van der Waals surface area contributed by atoms with Gasteiger partial charge in [0.15, 0.2) is 5.78 Å². The predicted molar refractivity (Wildman–Crippen MR) is 60.6 cm³/mol. The summed E-state index contributed by atoms with van der Waals surface area (Å²) < 4.78 is 23.5. The van der Waals surface area contributed by atoms with Gasteiger partial charge in [-0.1, -0.05) is 0 Å². The van der Waals surface area contributed by atoms with Crippen molar-refractivity contribution in [1.82, 2.24) is 0 Å². The molecule has 0 bridgehead atoms. The third-order valence-electron chi connectivity index (χ3n) is 2.90. The maximum absolute atomic E-state index is 13.0. The van der Waals surface area contributed by atoms with Crippen LogP contribution in [-0.2, 0) is 9.53 Å². The van der Waals surface area contributed by atoms with Crippen LogP contribution in [0, 0.1) is 18.7 Å². The monoisotopic (exact) mass is 238 g/mol. The number of hydrogen-bond donors (Lipinski definition) is 0. The van der Waals surface area contributed by atoms with Crippen molar-refractivity contribution < 1.29 is 18.7 Å².